The number of likely N-dealkylation sites (N-methyl/N-ethyl adjacent to an activating group) is 1. The van der Waals surface area contributed by atoms with E-state index in [2.05, 4.69) is 92.1 Å². The second-order valence-corrected chi connectivity index (χ2v) is 23.1. The summed E-state index contributed by atoms with van der Waals surface area (Å²) in [5.74, 6) is -0.187. The van der Waals surface area contributed by atoms with Crippen LogP contribution in [0.3, 0.4) is 0 Å². The third-order valence-electron chi connectivity index (χ3n) is 13.3. The zero-order valence-corrected chi connectivity index (χ0v) is 49.3. The number of rotatable bonds is 55. The molecule has 0 aliphatic carbocycles. The van der Waals surface area contributed by atoms with E-state index in [0.29, 0.717) is 17.4 Å². The second kappa shape index (κ2) is 54.5. The number of carbonyl (C=O) groups excluding carboxylic acids is 1. The molecule has 0 bridgehead atoms. The molecule has 0 aliphatic rings. The number of aliphatic hydroxyl groups is 1. The standard InChI is InChI=1S/C64H117N2O6P/c1-6-8-10-12-14-16-18-19-20-21-22-23-24-25-26-27-28-29-30-31-32-33-34-35-36-37-38-39-40-41-42-43-44-45-46-47-48-50-52-54-56-58-64(68)65-62(61-72-73(69,70)71-60-59-66(3,4)5)63(67)57-55-53-51-49-17-15-13-11-9-7-2/h8,10,14,16-17,19-20,22-23,25-26,49,55,57,62-63,67H,6-7,9,11-13,15,18,21,24,27-48,50-54,56,58-61H2,1-5H3,(H-,65,68,69,70)/p+1/b10-8-,16-14-,20-19-,23-22-,26-25-,49-17+,57-55+. The predicted molar refractivity (Wildman–Crippen MR) is 318 cm³/mol. The first-order valence-corrected chi connectivity index (χ1v) is 32.0. The summed E-state index contributed by atoms with van der Waals surface area (Å²) >= 11 is 0. The molecule has 1 amide bonds. The third kappa shape index (κ3) is 57.2. The monoisotopic (exact) mass is 1040 g/mol. The van der Waals surface area contributed by atoms with Crippen molar-refractivity contribution < 1.29 is 32.9 Å². The van der Waals surface area contributed by atoms with Crippen molar-refractivity contribution in [2.24, 2.45) is 0 Å². The van der Waals surface area contributed by atoms with Crippen LogP contribution in [0.15, 0.2) is 85.1 Å². The van der Waals surface area contributed by atoms with Crippen LogP contribution >= 0.6 is 7.82 Å². The molecule has 73 heavy (non-hydrogen) atoms. The number of hydrogen-bond acceptors (Lipinski definition) is 5. The quantitative estimate of drug-likeness (QED) is 0.0243. The van der Waals surface area contributed by atoms with Crippen LogP contribution in [0.1, 0.15) is 264 Å². The van der Waals surface area contributed by atoms with E-state index < -0.39 is 20.0 Å². The maximum absolute atomic E-state index is 12.9. The predicted octanol–water partition coefficient (Wildman–Crippen LogP) is 18.8. The molecule has 9 heteroatoms. The number of carbonyl (C=O) groups is 1. The number of hydrogen-bond donors (Lipinski definition) is 3. The van der Waals surface area contributed by atoms with Gasteiger partial charge in [0.25, 0.3) is 0 Å². The molecule has 0 fully saturated rings. The first kappa shape index (κ1) is 70.7. The Labute approximate surface area is 452 Å². The van der Waals surface area contributed by atoms with Gasteiger partial charge in [0, 0.05) is 6.42 Å². The molecule has 0 heterocycles. The Kier molecular flexibility index (Phi) is 52.7. The van der Waals surface area contributed by atoms with E-state index in [0.717, 1.165) is 70.6 Å². The summed E-state index contributed by atoms with van der Waals surface area (Å²) < 4.78 is 23.6. The lowest BCUT2D eigenvalue weighted by atomic mass is 10.0. The average molecular weight is 1040 g/mol. The highest BCUT2D eigenvalue weighted by Gasteiger charge is 2.27. The smallest absolute Gasteiger partial charge is 0.387 e. The number of quaternary nitrogens is 1. The summed E-state index contributed by atoms with van der Waals surface area (Å²) in [6.45, 7) is 4.65. The molecule has 0 aliphatic heterocycles. The zero-order valence-electron chi connectivity index (χ0n) is 48.4. The fourth-order valence-electron chi connectivity index (χ4n) is 8.62. The highest BCUT2D eigenvalue weighted by atomic mass is 31.2. The van der Waals surface area contributed by atoms with Crippen LogP contribution in [-0.2, 0) is 18.4 Å². The summed E-state index contributed by atoms with van der Waals surface area (Å²) in [4.78, 5) is 23.2. The Hall–Kier alpha value is -2.32. The zero-order chi connectivity index (χ0) is 53.5. The van der Waals surface area contributed by atoms with Crippen LogP contribution in [0, 0.1) is 0 Å². The van der Waals surface area contributed by atoms with E-state index in [1.165, 1.54) is 173 Å². The fourth-order valence-corrected chi connectivity index (χ4v) is 9.35. The van der Waals surface area contributed by atoms with Gasteiger partial charge < -0.3 is 19.8 Å². The largest absolute Gasteiger partial charge is 0.472 e. The van der Waals surface area contributed by atoms with Gasteiger partial charge >= 0.3 is 7.82 Å². The average Bonchev–Trinajstić information content (AvgIpc) is 3.35. The number of aliphatic hydroxyl groups excluding tert-OH is 1. The lowest BCUT2D eigenvalue weighted by Crippen LogP contribution is -2.45. The van der Waals surface area contributed by atoms with Gasteiger partial charge in [0.15, 0.2) is 0 Å². The first-order valence-electron chi connectivity index (χ1n) is 30.5. The molecular formula is C64H118N2O6P+. The van der Waals surface area contributed by atoms with Gasteiger partial charge in [-0.15, -0.1) is 0 Å². The summed E-state index contributed by atoms with van der Waals surface area (Å²) in [6, 6.07) is -0.862. The van der Waals surface area contributed by atoms with E-state index in [4.69, 9.17) is 9.05 Å². The highest BCUT2D eigenvalue weighted by molar-refractivity contribution is 7.47. The van der Waals surface area contributed by atoms with Crippen LogP contribution in [-0.4, -0.2) is 73.4 Å². The normalized spacial score (nSPS) is 14.5. The molecule has 3 atom stereocenters. The fraction of sp³-hybridized carbons (Fsp3) is 0.766. The van der Waals surface area contributed by atoms with E-state index >= 15 is 0 Å². The number of nitrogens with zero attached hydrogens (tertiary/aromatic N) is 1. The van der Waals surface area contributed by atoms with Gasteiger partial charge in [0.1, 0.15) is 13.2 Å². The maximum atomic E-state index is 12.9. The molecular weight excluding hydrogens is 924 g/mol. The molecule has 3 unspecified atom stereocenters. The Morgan fingerprint density at radius 1 is 0.479 bits per heavy atom. The number of unbranched alkanes of at least 4 members (excludes halogenated alkanes) is 30. The van der Waals surface area contributed by atoms with Gasteiger partial charge in [-0.2, -0.15) is 0 Å². The highest BCUT2D eigenvalue weighted by Crippen LogP contribution is 2.43. The minimum atomic E-state index is -4.35. The summed E-state index contributed by atoms with van der Waals surface area (Å²) in [7, 11) is 1.56. The van der Waals surface area contributed by atoms with Gasteiger partial charge in [0.2, 0.25) is 5.91 Å². The molecule has 0 saturated carbocycles. The molecule has 0 spiro atoms. The summed E-state index contributed by atoms with van der Waals surface area (Å²) in [6.07, 6.45) is 77.4. The van der Waals surface area contributed by atoms with Crippen LogP contribution in [0.5, 0.6) is 0 Å². The molecule has 424 valence electrons. The molecule has 8 nitrogen and oxygen atoms in total. The van der Waals surface area contributed by atoms with Gasteiger partial charge in [0.05, 0.1) is 39.9 Å². The number of phosphoric acid groups is 1. The number of phosphoric ester groups is 1. The first-order chi connectivity index (χ1) is 35.5. The van der Waals surface area contributed by atoms with Crippen molar-refractivity contribution in [1.82, 2.24) is 5.32 Å². The third-order valence-corrected chi connectivity index (χ3v) is 14.3. The number of amides is 1. The van der Waals surface area contributed by atoms with Gasteiger partial charge in [-0.1, -0.05) is 266 Å². The van der Waals surface area contributed by atoms with Crippen molar-refractivity contribution in [3.05, 3.63) is 85.1 Å². The summed E-state index contributed by atoms with van der Waals surface area (Å²) in [5.41, 5.74) is 0. The van der Waals surface area contributed by atoms with Crippen molar-refractivity contribution >= 4 is 13.7 Å². The Morgan fingerprint density at radius 2 is 0.836 bits per heavy atom. The van der Waals surface area contributed by atoms with Gasteiger partial charge in [-0.25, -0.2) is 4.57 Å². The van der Waals surface area contributed by atoms with Crippen molar-refractivity contribution in [1.29, 1.82) is 0 Å². The Bertz CT molecular complexity index is 1460. The van der Waals surface area contributed by atoms with Gasteiger partial charge in [-0.3, -0.25) is 13.8 Å². The van der Waals surface area contributed by atoms with E-state index in [1.54, 1.807) is 6.08 Å². The van der Waals surface area contributed by atoms with E-state index in [9.17, 15) is 19.4 Å². The Morgan fingerprint density at radius 3 is 1.26 bits per heavy atom. The van der Waals surface area contributed by atoms with Crippen LogP contribution in [0.25, 0.3) is 0 Å². The molecule has 0 rings (SSSR count). The van der Waals surface area contributed by atoms with Crippen molar-refractivity contribution in [2.45, 2.75) is 276 Å². The van der Waals surface area contributed by atoms with Crippen molar-refractivity contribution in [2.75, 3.05) is 40.9 Å². The minimum Gasteiger partial charge on any atom is -0.387 e. The van der Waals surface area contributed by atoms with Crippen molar-refractivity contribution in [3.63, 3.8) is 0 Å². The second-order valence-electron chi connectivity index (χ2n) is 21.7. The lowest BCUT2D eigenvalue weighted by Gasteiger charge is -2.25. The minimum absolute atomic E-state index is 0.0554. The van der Waals surface area contributed by atoms with Crippen LogP contribution in [0.4, 0.5) is 0 Å². The topological polar surface area (TPSA) is 105 Å². The van der Waals surface area contributed by atoms with E-state index in [-0.39, 0.29) is 19.1 Å². The number of allylic oxidation sites excluding steroid dienone is 13. The molecule has 0 radical (unpaired) electrons. The van der Waals surface area contributed by atoms with Crippen LogP contribution in [0.2, 0.25) is 0 Å². The number of nitrogens with one attached hydrogen (secondary N) is 1. The molecule has 0 aromatic heterocycles. The Balaban J connectivity index is 3.82. The van der Waals surface area contributed by atoms with Crippen LogP contribution < -0.4 is 5.32 Å². The van der Waals surface area contributed by atoms with Gasteiger partial charge in [-0.05, 0) is 77.0 Å². The van der Waals surface area contributed by atoms with Crippen molar-refractivity contribution in [3.8, 4) is 0 Å². The molecule has 3 N–H and O–H groups in total. The molecule has 0 aromatic carbocycles. The summed E-state index contributed by atoms with van der Waals surface area (Å²) in [5, 5.41) is 13.8. The SMILES string of the molecule is CC/C=C\C/C=C\C/C=C\C/C=C\C/C=C\CCCCCCCCCCCCCCCCCCCCCCCCCCCC(=O)NC(COP(=O)(O)OCC[N+](C)(C)C)C(O)/C=C/CC/C=C/CCCCCC. The molecule has 0 saturated heterocycles. The lowest BCUT2D eigenvalue weighted by molar-refractivity contribution is -0.870. The molecule has 0 aromatic rings. The van der Waals surface area contributed by atoms with E-state index in [1.807, 2.05) is 27.2 Å². The maximum Gasteiger partial charge on any atom is 0.472 e.